The molecule has 0 radical (unpaired) electrons. The van der Waals surface area contributed by atoms with E-state index < -0.39 is 0 Å². The Balaban J connectivity index is 2.54. The molecule has 2 N–H and O–H groups in total. The van der Waals surface area contributed by atoms with E-state index in [0.717, 1.165) is 20.6 Å². The average molecular weight is 236 g/mol. The van der Waals surface area contributed by atoms with Gasteiger partial charge in [0.25, 0.3) is 0 Å². The number of hydrogen-bond donors (Lipinski definition) is 1. The van der Waals surface area contributed by atoms with Crippen molar-refractivity contribution in [1.82, 2.24) is 4.98 Å². The van der Waals surface area contributed by atoms with Crippen molar-refractivity contribution in [2.45, 2.75) is 11.3 Å². The van der Waals surface area contributed by atoms with Gasteiger partial charge in [-0.15, -0.1) is 0 Å². The number of anilines is 1. The van der Waals surface area contributed by atoms with Crippen LogP contribution in [-0.4, -0.2) is 11.2 Å². The molecular formula is C11H12N2S2. The predicted molar refractivity (Wildman–Crippen MR) is 68.5 cm³/mol. The number of nitrogen functional groups attached to an aromatic ring is 1. The van der Waals surface area contributed by atoms with Gasteiger partial charge in [0.15, 0.2) is 4.34 Å². The summed E-state index contributed by atoms with van der Waals surface area (Å²) in [5.41, 5.74) is 9.22. The zero-order valence-electron chi connectivity index (χ0n) is 8.65. The summed E-state index contributed by atoms with van der Waals surface area (Å²) in [7, 11) is 0. The molecule has 0 fully saturated rings. The molecule has 0 atom stereocenters. The van der Waals surface area contributed by atoms with Gasteiger partial charge in [0.2, 0.25) is 0 Å². The van der Waals surface area contributed by atoms with Gasteiger partial charge in [0.05, 0.1) is 0 Å². The van der Waals surface area contributed by atoms with E-state index in [4.69, 9.17) is 5.73 Å². The van der Waals surface area contributed by atoms with Gasteiger partial charge in [0, 0.05) is 5.56 Å². The number of nitrogens with zero attached hydrogens (tertiary/aromatic N) is 1. The van der Waals surface area contributed by atoms with Crippen molar-refractivity contribution in [3.63, 3.8) is 0 Å². The molecule has 2 rings (SSSR count). The van der Waals surface area contributed by atoms with Crippen LogP contribution in [0.1, 0.15) is 5.56 Å². The topological polar surface area (TPSA) is 38.9 Å². The Hall–Kier alpha value is -1.00. The third kappa shape index (κ3) is 2.01. The van der Waals surface area contributed by atoms with Crippen LogP contribution in [0.15, 0.2) is 28.6 Å². The number of rotatable bonds is 2. The molecule has 1 aromatic heterocycles. The summed E-state index contributed by atoms with van der Waals surface area (Å²) >= 11 is 3.18. The van der Waals surface area contributed by atoms with Crippen molar-refractivity contribution in [2.75, 3.05) is 12.0 Å². The summed E-state index contributed by atoms with van der Waals surface area (Å²) in [5, 5.41) is 0.800. The van der Waals surface area contributed by atoms with Gasteiger partial charge in [-0.1, -0.05) is 47.4 Å². The van der Waals surface area contributed by atoms with Gasteiger partial charge in [-0.05, 0) is 18.7 Å². The summed E-state index contributed by atoms with van der Waals surface area (Å²) in [6.07, 6.45) is 2.01. The number of thioether (sulfide) groups is 1. The fourth-order valence-corrected chi connectivity index (χ4v) is 2.79. The fraction of sp³-hybridized carbons (Fsp3) is 0.182. The highest BCUT2D eigenvalue weighted by molar-refractivity contribution is 8.00. The van der Waals surface area contributed by atoms with Crippen LogP contribution in [0, 0.1) is 6.92 Å². The summed E-state index contributed by atoms with van der Waals surface area (Å²) in [6.45, 7) is 2.08. The number of aryl methyl sites for hydroxylation is 1. The van der Waals surface area contributed by atoms with Gasteiger partial charge < -0.3 is 5.73 Å². The lowest BCUT2D eigenvalue weighted by Crippen LogP contribution is -1.88. The van der Waals surface area contributed by atoms with Crippen molar-refractivity contribution in [1.29, 1.82) is 0 Å². The molecule has 4 heteroatoms. The van der Waals surface area contributed by atoms with Crippen LogP contribution >= 0.6 is 23.1 Å². The van der Waals surface area contributed by atoms with Crippen LogP contribution in [-0.2, 0) is 0 Å². The SMILES string of the molecule is CSc1nc(-c2ccccc2C)c(N)s1. The van der Waals surface area contributed by atoms with Gasteiger partial charge in [-0.2, -0.15) is 0 Å². The Bertz CT molecular complexity index is 477. The average Bonchev–Trinajstić information content (AvgIpc) is 2.60. The molecule has 0 amide bonds. The molecule has 15 heavy (non-hydrogen) atoms. The third-order valence-corrected chi connectivity index (χ3v) is 4.08. The zero-order chi connectivity index (χ0) is 10.8. The first-order chi connectivity index (χ1) is 7.22. The molecule has 0 saturated carbocycles. The molecule has 1 aromatic carbocycles. The molecule has 1 heterocycles. The number of thiazole rings is 1. The van der Waals surface area contributed by atoms with E-state index in [2.05, 4.69) is 24.0 Å². The number of aromatic nitrogens is 1. The number of nitrogens with two attached hydrogens (primary N) is 1. The van der Waals surface area contributed by atoms with Crippen LogP contribution in [0.3, 0.4) is 0 Å². The number of benzene rings is 1. The largest absolute Gasteiger partial charge is 0.389 e. The monoisotopic (exact) mass is 236 g/mol. The lowest BCUT2D eigenvalue weighted by atomic mass is 10.1. The Labute approximate surface area is 97.5 Å². The maximum atomic E-state index is 5.96. The normalized spacial score (nSPS) is 10.5. The highest BCUT2D eigenvalue weighted by atomic mass is 32.2. The molecule has 2 nitrogen and oxygen atoms in total. The second-order valence-corrected chi connectivity index (χ2v) is 5.30. The maximum absolute atomic E-state index is 5.96. The van der Waals surface area contributed by atoms with Crippen LogP contribution < -0.4 is 5.73 Å². The van der Waals surface area contributed by atoms with Crippen LogP contribution in [0.5, 0.6) is 0 Å². The molecule has 0 saturated heterocycles. The van der Waals surface area contributed by atoms with E-state index >= 15 is 0 Å². The van der Waals surface area contributed by atoms with E-state index in [-0.39, 0.29) is 0 Å². The lowest BCUT2D eigenvalue weighted by Gasteiger charge is -2.02. The minimum absolute atomic E-state index is 0.800. The first kappa shape index (κ1) is 10.5. The molecular weight excluding hydrogens is 224 g/mol. The maximum Gasteiger partial charge on any atom is 0.152 e. The van der Waals surface area contributed by atoms with Crippen LogP contribution in [0.25, 0.3) is 11.3 Å². The predicted octanol–water partition coefficient (Wildman–Crippen LogP) is 3.42. The minimum atomic E-state index is 0.800. The van der Waals surface area contributed by atoms with Crippen molar-refractivity contribution >= 4 is 28.1 Å². The first-order valence-electron chi connectivity index (χ1n) is 4.58. The standard InChI is InChI=1S/C11H12N2S2/c1-7-5-3-4-6-8(7)9-10(12)15-11(13-9)14-2/h3-6H,12H2,1-2H3. The van der Waals surface area contributed by atoms with Gasteiger partial charge in [-0.25, -0.2) is 4.98 Å². The van der Waals surface area contributed by atoms with Gasteiger partial charge >= 0.3 is 0 Å². The Morgan fingerprint density at radius 3 is 2.67 bits per heavy atom. The summed E-state index contributed by atoms with van der Waals surface area (Å²) in [6, 6.07) is 8.18. The summed E-state index contributed by atoms with van der Waals surface area (Å²) < 4.78 is 1.02. The van der Waals surface area contributed by atoms with E-state index in [1.165, 1.54) is 5.56 Å². The number of hydrogen-bond acceptors (Lipinski definition) is 4. The van der Waals surface area contributed by atoms with Crippen molar-refractivity contribution in [2.24, 2.45) is 0 Å². The second kappa shape index (κ2) is 4.24. The smallest absolute Gasteiger partial charge is 0.152 e. The van der Waals surface area contributed by atoms with Gasteiger partial charge in [-0.3, -0.25) is 0 Å². The quantitative estimate of drug-likeness (QED) is 0.812. The zero-order valence-corrected chi connectivity index (χ0v) is 10.3. The second-order valence-electron chi connectivity index (χ2n) is 3.21. The van der Waals surface area contributed by atoms with Crippen LogP contribution in [0.2, 0.25) is 0 Å². The van der Waals surface area contributed by atoms with E-state index in [1.807, 2.05) is 18.4 Å². The summed E-state index contributed by atoms with van der Waals surface area (Å²) in [4.78, 5) is 4.52. The van der Waals surface area contributed by atoms with Crippen LogP contribution in [0.4, 0.5) is 5.00 Å². The Kier molecular flexibility index (Phi) is 2.98. The lowest BCUT2D eigenvalue weighted by molar-refractivity contribution is 1.25. The molecule has 0 unspecified atom stereocenters. The highest BCUT2D eigenvalue weighted by Crippen LogP contribution is 2.35. The molecule has 0 bridgehead atoms. The molecule has 0 aliphatic carbocycles. The van der Waals surface area contributed by atoms with Crippen molar-refractivity contribution in [3.05, 3.63) is 29.8 Å². The summed E-state index contributed by atoms with van der Waals surface area (Å²) in [5.74, 6) is 0. The Morgan fingerprint density at radius 1 is 1.33 bits per heavy atom. The van der Waals surface area contributed by atoms with Gasteiger partial charge in [0.1, 0.15) is 10.7 Å². The molecule has 0 spiro atoms. The van der Waals surface area contributed by atoms with E-state index in [9.17, 15) is 0 Å². The molecule has 78 valence electrons. The fourth-order valence-electron chi connectivity index (χ4n) is 1.43. The highest BCUT2D eigenvalue weighted by Gasteiger charge is 2.11. The molecule has 0 aliphatic heterocycles. The van der Waals surface area contributed by atoms with E-state index in [0.29, 0.717) is 0 Å². The Morgan fingerprint density at radius 2 is 2.07 bits per heavy atom. The van der Waals surface area contributed by atoms with E-state index in [1.54, 1.807) is 23.1 Å². The minimum Gasteiger partial charge on any atom is -0.389 e. The third-order valence-electron chi connectivity index (χ3n) is 2.21. The van der Waals surface area contributed by atoms with Crippen molar-refractivity contribution in [3.8, 4) is 11.3 Å². The first-order valence-corrected chi connectivity index (χ1v) is 6.63. The molecule has 0 aliphatic rings. The molecule has 2 aromatic rings. The van der Waals surface area contributed by atoms with Crippen molar-refractivity contribution < 1.29 is 0 Å².